The van der Waals surface area contributed by atoms with E-state index in [0.29, 0.717) is 6.54 Å². The summed E-state index contributed by atoms with van der Waals surface area (Å²) in [6.07, 6.45) is 5.64. The van der Waals surface area contributed by atoms with Crippen molar-refractivity contribution in [3.8, 4) is 59.3 Å². The molecule has 0 aromatic heterocycles. The van der Waals surface area contributed by atoms with E-state index in [9.17, 15) is 4.79 Å². The van der Waals surface area contributed by atoms with E-state index >= 15 is 0 Å². The third-order valence-electron chi connectivity index (χ3n) is 2.69. The highest BCUT2D eigenvalue weighted by atomic mass is 16.2. The van der Waals surface area contributed by atoms with Crippen molar-refractivity contribution in [1.82, 2.24) is 9.80 Å². The molecule has 0 atom stereocenters. The van der Waals surface area contributed by atoms with Crippen LogP contribution in [0.5, 0.6) is 0 Å². The summed E-state index contributed by atoms with van der Waals surface area (Å²) >= 11 is 0. The molecule has 2 aliphatic heterocycles. The first-order valence-electron chi connectivity index (χ1n) is 6.58. The lowest BCUT2D eigenvalue weighted by molar-refractivity contribution is -0.112. The lowest BCUT2D eigenvalue weighted by Crippen LogP contribution is -2.10. The summed E-state index contributed by atoms with van der Waals surface area (Å²) in [5.41, 5.74) is 0. The summed E-state index contributed by atoms with van der Waals surface area (Å²) in [6, 6.07) is 2.97. The fourth-order valence-electron chi connectivity index (χ4n) is 1.57. The maximum absolute atomic E-state index is 10.6. The quantitative estimate of drug-likeness (QED) is 0.510. The predicted molar refractivity (Wildman–Crippen MR) is 80.5 cm³/mol. The molecule has 2 saturated heterocycles. The van der Waals surface area contributed by atoms with Gasteiger partial charge in [-0.05, 0) is 36.5 Å². The summed E-state index contributed by atoms with van der Waals surface area (Å²) in [5.74, 6) is 23.8. The van der Waals surface area contributed by atoms with Gasteiger partial charge in [0, 0.05) is 55.1 Å². The van der Waals surface area contributed by atoms with Crippen molar-refractivity contribution in [3.05, 3.63) is 12.3 Å². The van der Waals surface area contributed by atoms with Crippen molar-refractivity contribution in [3.63, 3.8) is 0 Å². The number of amides is 1. The predicted octanol–water partition coefficient (Wildman–Crippen LogP) is 0.413. The highest BCUT2D eigenvalue weighted by Gasteiger charge is 2.26. The van der Waals surface area contributed by atoms with Crippen LogP contribution in [0.3, 0.4) is 0 Å². The summed E-state index contributed by atoms with van der Waals surface area (Å²) in [6.45, 7) is 2.55. The molecule has 0 aromatic rings. The Hall–Kier alpha value is -3.19. The van der Waals surface area contributed by atoms with Crippen LogP contribution in [-0.4, -0.2) is 35.3 Å². The molecule has 2 fully saturated rings. The van der Waals surface area contributed by atoms with E-state index in [1.54, 1.807) is 17.2 Å². The minimum atomic E-state index is 0.108. The van der Waals surface area contributed by atoms with E-state index < -0.39 is 0 Å². The largest absolute Gasteiger partial charge is 0.332 e. The molecule has 0 saturated carbocycles. The molecule has 2 aliphatic rings. The second kappa shape index (κ2) is 8.08. The van der Waals surface area contributed by atoms with Gasteiger partial charge in [-0.1, -0.05) is 5.92 Å². The second-order valence-electron chi connectivity index (χ2n) is 4.29. The van der Waals surface area contributed by atoms with Crippen LogP contribution < -0.4 is 0 Å². The van der Waals surface area contributed by atoms with E-state index in [1.165, 1.54) is 12.8 Å². The smallest absolute Gasteiger partial charge is 0.247 e. The SMILES string of the molecule is O=C1CN1C=CC#CC#CC#CC#CC#CN1CCCC1. The second-order valence-corrected chi connectivity index (χ2v) is 4.29. The van der Waals surface area contributed by atoms with Crippen LogP contribution in [0.15, 0.2) is 12.3 Å². The zero-order valence-corrected chi connectivity index (χ0v) is 11.5. The Balaban J connectivity index is 1.69. The molecular weight excluding hydrogens is 260 g/mol. The number of rotatable bonds is 1. The molecule has 0 aliphatic carbocycles. The number of hydrogen-bond donors (Lipinski definition) is 0. The van der Waals surface area contributed by atoms with Gasteiger partial charge in [-0.2, -0.15) is 0 Å². The van der Waals surface area contributed by atoms with Crippen molar-refractivity contribution in [2.24, 2.45) is 0 Å². The van der Waals surface area contributed by atoms with Crippen molar-refractivity contribution in [2.75, 3.05) is 19.6 Å². The zero-order valence-electron chi connectivity index (χ0n) is 11.5. The first kappa shape index (κ1) is 14.2. The van der Waals surface area contributed by atoms with Crippen molar-refractivity contribution in [2.45, 2.75) is 12.8 Å². The Bertz CT molecular complexity index is 743. The zero-order chi connectivity index (χ0) is 14.8. The van der Waals surface area contributed by atoms with Gasteiger partial charge in [0.25, 0.3) is 0 Å². The molecule has 3 nitrogen and oxygen atoms in total. The van der Waals surface area contributed by atoms with Gasteiger partial charge in [0.1, 0.15) is 6.54 Å². The minimum Gasteiger partial charge on any atom is -0.332 e. The van der Waals surface area contributed by atoms with Crippen LogP contribution in [0, 0.1) is 59.3 Å². The third kappa shape index (κ3) is 5.99. The molecule has 0 bridgehead atoms. The van der Waals surface area contributed by atoms with Gasteiger partial charge in [-0.25, -0.2) is 0 Å². The fourth-order valence-corrected chi connectivity index (χ4v) is 1.57. The van der Waals surface area contributed by atoms with E-state index in [-0.39, 0.29) is 5.91 Å². The van der Waals surface area contributed by atoms with Gasteiger partial charge in [0.2, 0.25) is 5.91 Å². The van der Waals surface area contributed by atoms with Crippen LogP contribution in [0.2, 0.25) is 0 Å². The third-order valence-corrected chi connectivity index (χ3v) is 2.69. The molecule has 0 unspecified atom stereocenters. The van der Waals surface area contributed by atoms with Crippen LogP contribution in [0.1, 0.15) is 12.8 Å². The highest BCUT2D eigenvalue weighted by Crippen LogP contribution is 2.05. The number of carbonyl (C=O) groups is 1. The van der Waals surface area contributed by atoms with E-state index in [2.05, 4.69) is 64.2 Å². The Morgan fingerprint density at radius 2 is 1.43 bits per heavy atom. The number of nitrogens with zero attached hydrogens (tertiary/aromatic N) is 2. The van der Waals surface area contributed by atoms with E-state index in [0.717, 1.165) is 13.1 Å². The highest BCUT2D eigenvalue weighted by molar-refractivity contribution is 5.93. The summed E-state index contributed by atoms with van der Waals surface area (Å²) in [4.78, 5) is 14.3. The number of likely N-dealkylation sites (tertiary alicyclic amines) is 1. The molecule has 0 radical (unpaired) electrons. The molecule has 2 heterocycles. The van der Waals surface area contributed by atoms with E-state index in [1.807, 2.05) is 0 Å². The Kier molecular flexibility index (Phi) is 5.47. The topological polar surface area (TPSA) is 23.3 Å². The van der Waals surface area contributed by atoms with Gasteiger partial charge in [-0.15, -0.1) is 0 Å². The van der Waals surface area contributed by atoms with E-state index in [4.69, 9.17) is 0 Å². The van der Waals surface area contributed by atoms with Crippen molar-refractivity contribution >= 4 is 5.91 Å². The monoisotopic (exact) mass is 272 g/mol. The van der Waals surface area contributed by atoms with Crippen LogP contribution in [-0.2, 0) is 4.79 Å². The Labute approximate surface area is 125 Å². The van der Waals surface area contributed by atoms with Crippen LogP contribution >= 0.6 is 0 Å². The van der Waals surface area contributed by atoms with Crippen LogP contribution in [0.25, 0.3) is 0 Å². The maximum Gasteiger partial charge on any atom is 0.247 e. The maximum atomic E-state index is 10.6. The minimum absolute atomic E-state index is 0.108. The standard InChI is InChI=1S/C18H12N2O/c21-18-17-20(18)16-10-8-6-4-2-1-3-5-7-9-13-19-14-11-12-15-19/h10,16H,11-12,14-15,17H2. The van der Waals surface area contributed by atoms with Gasteiger partial charge in [-0.3, -0.25) is 4.79 Å². The van der Waals surface area contributed by atoms with Crippen LogP contribution in [0.4, 0.5) is 0 Å². The van der Waals surface area contributed by atoms with Gasteiger partial charge in [0.05, 0.1) is 0 Å². The van der Waals surface area contributed by atoms with Crippen molar-refractivity contribution in [1.29, 1.82) is 0 Å². The Morgan fingerprint density at radius 1 is 0.857 bits per heavy atom. The number of hydrogen-bond acceptors (Lipinski definition) is 2. The van der Waals surface area contributed by atoms with Crippen molar-refractivity contribution < 1.29 is 4.79 Å². The first-order chi connectivity index (χ1) is 10.4. The molecule has 0 spiro atoms. The average molecular weight is 272 g/mol. The summed E-state index contributed by atoms with van der Waals surface area (Å²) in [5, 5.41) is 0. The summed E-state index contributed by atoms with van der Waals surface area (Å²) < 4.78 is 0. The molecule has 100 valence electrons. The molecule has 2 rings (SSSR count). The van der Waals surface area contributed by atoms with Gasteiger partial charge < -0.3 is 9.80 Å². The molecule has 0 aromatic carbocycles. The fraction of sp³-hybridized carbons (Fsp3) is 0.278. The number of carbonyl (C=O) groups excluding carboxylic acids is 1. The lowest BCUT2D eigenvalue weighted by Gasteiger charge is -2.03. The molecular formula is C18H12N2O. The van der Waals surface area contributed by atoms with Gasteiger partial charge in [0.15, 0.2) is 0 Å². The molecule has 1 amide bonds. The number of allylic oxidation sites excluding steroid dienone is 1. The Morgan fingerprint density at radius 3 is 2.05 bits per heavy atom. The first-order valence-corrected chi connectivity index (χ1v) is 6.58. The molecule has 21 heavy (non-hydrogen) atoms. The molecule has 3 heteroatoms. The molecule has 0 N–H and O–H groups in total. The normalized spacial score (nSPS) is 14.4. The van der Waals surface area contributed by atoms with Gasteiger partial charge >= 0.3 is 0 Å². The average Bonchev–Trinajstić information content (AvgIpc) is 2.97. The lowest BCUT2D eigenvalue weighted by atomic mass is 10.4. The summed E-state index contributed by atoms with van der Waals surface area (Å²) in [7, 11) is 0.